The molecule has 0 N–H and O–H groups in total. The van der Waals surface area contributed by atoms with Crippen LogP contribution in [0, 0.1) is 6.92 Å². The molecule has 0 radical (unpaired) electrons. The molecule has 178 valence electrons. The topological polar surface area (TPSA) is 36.0 Å². The summed E-state index contributed by atoms with van der Waals surface area (Å²) in [6.07, 6.45) is 6.53. The van der Waals surface area contributed by atoms with Crippen molar-refractivity contribution in [1.82, 2.24) is 9.80 Å². The van der Waals surface area contributed by atoms with Crippen LogP contribution in [-0.2, 0) is 0 Å². The number of rotatable bonds is 8. The largest absolute Gasteiger partial charge is 0.494 e. The first-order chi connectivity index (χ1) is 16.0. The highest BCUT2D eigenvalue weighted by Gasteiger charge is 2.23. The van der Waals surface area contributed by atoms with E-state index >= 15 is 0 Å². The Morgan fingerprint density at radius 1 is 1.06 bits per heavy atom. The van der Waals surface area contributed by atoms with Crippen LogP contribution in [0.15, 0.2) is 46.9 Å². The van der Waals surface area contributed by atoms with Crippen LogP contribution >= 0.6 is 15.9 Å². The van der Waals surface area contributed by atoms with E-state index in [4.69, 9.17) is 4.74 Å². The molecule has 2 fully saturated rings. The number of hydrogen-bond donors (Lipinski definition) is 0. The number of halogens is 1. The zero-order valence-corrected chi connectivity index (χ0v) is 21.5. The van der Waals surface area contributed by atoms with Gasteiger partial charge in [0.25, 0.3) is 5.91 Å². The third-order valence-electron chi connectivity index (χ3n) is 7.06. The lowest BCUT2D eigenvalue weighted by atomic mass is 10.1. The maximum Gasteiger partial charge on any atom is 0.254 e. The summed E-state index contributed by atoms with van der Waals surface area (Å²) in [7, 11) is 2.25. The van der Waals surface area contributed by atoms with Crippen molar-refractivity contribution in [2.75, 3.05) is 51.3 Å². The van der Waals surface area contributed by atoms with Crippen molar-refractivity contribution >= 4 is 27.5 Å². The monoisotopic (exact) mass is 513 g/mol. The van der Waals surface area contributed by atoms with E-state index in [-0.39, 0.29) is 5.91 Å². The molecule has 5 nitrogen and oxygen atoms in total. The highest BCUT2D eigenvalue weighted by molar-refractivity contribution is 9.10. The van der Waals surface area contributed by atoms with E-state index in [0.29, 0.717) is 0 Å². The van der Waals surface area contributed by atoms with E-state index in [0.717, 1.165) is 73.1 Å². The van der Waals surface area contributed by atoms with E-state index in [2.05, 4.69) is 57.0 Å². The van der Waals surface area contributed by atoms with E-state index < -0.39 is 0 Å². The molecule has 1 aliphatic carbocycles. The molecule has 0 bridgehead atoms. The number of carbonyl (C=O) groups is 1. The standard InChI is InChI=1S/C27H36BrN3O2/c1-21-20-22(28)8-13-26(21)27(32)31-17-15-30(16-18-31)24-9-11-25(12-10-24)33-19-5-14-29(2)23-6-3-4-7-23/h8-13,20,23H,3-7,14-19H2,1-2H3. The van der Waals surface area contributed by atoms with Crippen LogP contribution in [0.25, 0.3) is 0 Å². The van der Waals surface area contributed by atoms with Crippen molar-refractivity contribution in [3.8, 4) is 5.75 Å². The zero-order valence-electron chi connectivity index (χ0n) is 19.9. The fourth-order valence-electron chi connectivity index (χ4n) is 4.99. The second kappa shape index (κ2) is 11.4. The van der Waals surface area contributed by atoms with Gasteiger partial charge in [-0.25, -0.2) is 0 Å². The molecule has 33 heavy (non-hydrogen) atoms. The van der Waals surface area contributed by atoms with Crippen molar-refractivity contribution in [3.63, 3.8) is 0 Å². The fourth-order valence-corrected chi connectivity index (χ4v) is 5.47. The summed E-state index contributed by atoms with van der Waals surface area (Å²) in [6.45, 7) is 7.01. The number of aryl methyl sites for hydroxylation is 1. The number of nitrogens with zero attached hydrogens (tertiary/aromatic N) is 3. The Bertz CT molecular complexity index is 919. The van der Waals surface area contributed by atoms with Gasteiger partial charge in [0, 0.05) is 54.5 Å². The molecule has 1 saturated heterocycles. The van der Waals surface area contributed by atoms with E-state index in [1.807, 2.05) is 30.0 Å². The minimum absolute atomic E-state index is 0.127. The first kappa shape index (κ1) is 24.1. The Hall–Kier alpha value is -2.05. The average Bonchev–Trinajstić information content (AvgIpc) is 3.37. The fraction of sp³-hybridized carbons (Fsp3) is 0.519. The SMILES string of the molecule is Cc1cc(Br)ccc1C(=O)N1CCN(c2ccc(OCCCN(C)C3CCCC3)cc2)CC1. The highest BCUT2D eigenvalue weighted by Crippen LogP contribution is 2.24. The van der Waals surface area contributed by atoms with Crippen molar-refractivity contribution in [1.29, 1.82) is 0 Å². The summed E-state index contributed by atoms with van der Waals surface area (Å²) in [6, 6.07) is 15.0. The normalized spacial score (nSPS) is 17.1. The molecule has 0 spiro atoms. The van der Waals surface area contributed by atoms with Gasteiger partial charge in [0.05, 0.1) is 6.61 Å². The Labute approximate surface area is 206 Å². The van der Waals surface area contributed by atoms with E-state index in [1.165, 1.54) is 31.4 Å². The number of carbonyl (C=O) groups excluding carboxylic acids is 1. The van der Waals surface area contributed by atoms with Gasteiger partial charge in [-0.1, -0.05) is 28.8 Å². The summed E-state index contributed by atoms with van der Waals surface area (Å²) in [5, 5.41) is 0. The second-order valence-corrected chi connectivity index (χ2v) is 10.3. The van der Waals surface area contributed by atoms with Crippen LogP contribution in [0.1, 0.15) is 48.0 Å². The molecule has 1 aliphatic heterocycles. The molecule has 0 atom stereocenters. The van der Waals surface area contributed by atoms with Crippen LogP contribution in [0.3, 0.4) is 0 Å². The molecule has 2 aromatic carbocycles. The molecular formula is C27H36BrN3O2. The van der Waals surface area contributed by atoms with Gasteiger partial charge in [0.15, 0.2) is 0 Å². The number of ether oxygens (including phenoxy) is 1. The maximum atomic E-state index is 12.9. The van der Waals surface area contributed by atoms with Crippen molar-refractivity contribution < 1.29 is 9.53 Å². The van der Waals surface area contributed by atoms with Crippen molar-refractivity contribution in [3.05, 3.63) is 58.1 Å². The summed E-state index contributed by atoms with van der Waals surface area (Å²) in [5.41, 5.74) is 3.00. The first-order valence-electron chi connectivity index (χ1n) is 12.2. The first-order valence-corrected chi connectivity index (χ1v) is 13.0. The van der Waals surface area contributed by atoms with Gasteiger partial charge in [-0.05, 0) is 81.3 Å². The number of piperazine rings is 1. The molecule has 2 aromatic rings. The summed E-state index contributed by atoms with van der Waals surface area (Å²) in [4.78, 5) is 19.7. The quantitative estimate of drug-likeness (QED) is 0.445. The molecule has 2 aliphatic rings. The predicted octanol–water partition coefficient (Wildman–Crippen LogP) is 5.36. The summed E-state index contributed by atoms with van der Waals surface area (Å²) in [5.74, 6) is 1.06. The minimum Gasteiger partial charge on any atom is -0.494 e. The lowest BCUT2D eigenvalue weighted by Crippen LogP contribution is -2.48. The molecule has 1 saturated carbocycles. The molecular weight excluding hydrogens is 478 g/mol. The van der Waals surface area contributed by atoms with Gasteiger partial charge in [-0.2, -0.15) is 0 Å². The Balaban J connectivity index is 1.21. The number of anilines is 1. The molecule has 1 amide bonds. The van der Waals surface area contributed by atoms with Gasteiger partial charge < -0.3 is 19.4 Å². The van der Waals surface area contributed by atoms with Crippen LogP contribution in [0.4, 0.5) is 5.69 Å². The Morgan fingerprint density at radius 3 is 2.42 bits per heavy atom. The number of amides is 1. The second-order valence-electron chi connectivity index (χ2n) is 9.35. The van der Waals surface area contributed by atoms with E-state index in [1.54, 1.807) is 0 Å². The number of benzene rings is 2. The smallest absolute Gasteiger partial charge is 0.254 e. The van der Waals surface area contributed by atoms with Gasteiger partial charge >= 0.3 is 0 Å². The highest BCUT2D eigenvalue weighted by atomic mass is 79.9. The van der Waals surface area contributed by atoms with Gasteiger partial charge in [-0.15, -0.1) is 0 Å². The number of hydrogen-bond acceptors (Lipinski definition) is 4. The van der Waals surface area contributed by atoms with Gasteiger partial charge in [-0.3, -0.25) is 4.79 Å². The summed E-state index contributed by atoms with van der Waals surface area (Å²) >= 11 is 3.47. The van der Waals surface area contributed by atoms with Crippen LogP contribution in [-0.4, -0.2) is 68.1 Å². The molecule has 1 heterocycles. The van der Waals surface area contributed by atoms with Crippen LogP contribution in [0.2, 0.25) is 0 Å². The molecule has 6 heteroatoms. The Morgan fingerprint density at radius 2 is 1.76 bits per heavy atom. The third kappa shape index (κ3) is 6.30. The lowest BCUT2D eigenvalue weighted by molar-refractivity contribution is 0.0746. The minimum atomic E-state index is 0.127. The van der Waals surface area contributed by atoms with Crippen molar-refractivity contribution in [2.24, 2.45) is 0 Å². The zero-order chi connectivity index (χ0) is 23.2. The molecule has 0 unspecified atom stereocenters. The van der Waals surface area contributed by atoms with Crippen molar-refractivity contribution in [2.45, 2.75) is 45.1 Å². The Kier molecular flexibility index (Phi) is 8.31. The average molecular weight is 515 g/mol. The van der Waals surface area contributed by atoms with Gasteiger partial charge in [0.1, 0.15) is 5.75 Å². The summed E-state index contributed by atoms with van der Waals surface area (Å²) < 4.78 is 6.98. The maximum absolute atomic E-state index is 12.9. The van der Waals surface area contributed by atoms with Crippen LogP contribution in [0.5, 0.6) is 5.75 Å². The molecule has 0 aromatic heterocycles. The predicted molar refractivity (Wildman–Crippen MR) is 138 cm³/mol. The third-order valence-corrected chi connectivity index (χ3v) is 7.55. The molecule has 4 rings (SSSR count). The van der Waals surface area contributed by atoms with Crippen LogP contribution < -0.4 is 9.64 Å². The van der Waals surface area contributed by atoms with Gasteiger partial charge in [0.2, 0.25) is 0 Å². The lowest BCUT2D eigenvalue weighted by Gasteiger charge is -2.36. The van der Waals surface area contributed by atoms with E-state index in [9.17, 15) is 4.79 Å².